The monoisotopic (exact) mass is 361 g/mol. The third-order valence-corrected chi connectivity index (χ3v) is 4.31. The molecule has 128 valence electrons. The third-order valence-electron chi connectivity index (χ3n) is 3.30. The minimum absolute atomic E-state index is 0.00464. The van der Waals surface area contributed by atoms with Crippen LogP contribution in [0.5, 0.6) is 0 Å². The average molecular weight is 361 g/mol. The van der Waals surface area contributed by atoms with Crippen LogP contribution in [0.3, 0.4) is 0 Å². The van der Waals surface area contributed by atoms with Crippen molar-refractivity contribution < 1.29 is 23.9 Å². The van der Waals surface area contributed by atoms with E-state index >= 15 is 0 Å². The molecule has 0 saturated heterocycles. The maximum absolute atomic E-state index is 12.2. The number of methoxy groups -OCH3 is 2. The van der Waals surface area contributed by atoms with Crippen LogP contribution < -0.4 is 5.73 Å². The number of nitrogens with zero attached hydrogens (tertiary/aromatic N) is 4. The zero-order valence-corrected chi connectivity index (χ0v) is 13.9. The van der Waals surface area contributed by atoms with Crippen LogP contribution in [-0.4, -0.2) is 51.6 Å². The molecule has 0 atom stereocenters. The molecule has 3 aromatic heterocycles. The number of esters is 2. The predicted octanol–water partition coefficient (Wildman–Crippen LogP) is 0.525. The zero-order valence-electron chi connectivity index (χ0n) is 13.0. The van der Waals surface area contributed by atoms with Crippen LogP contribution in [-0.2, 0) is 9.47 Å². The quantitative estimate of drug-likeness (QED) is 0.664. The highest BCUT2D eigenvalue weighted by Gasteiger charge is 2.30. The van der Waals surface area contributed by atoms with Crippen LogP contribution >= 0.6 is 11.3 Å². The third kappa shape index (κ3) is 2.59. The second-order valence-corrected chi connectivity index (χ2v) is 5.65. The van der Waals surface area contributed by atoms with Crippen molar-refractivity contribution in [3.63, 3.8) is 0 Å². The Labute approximate surface area is 144 Å². The molecule has 3 rings (SSSR count). The van der Waals surface area contributed by atoms with Crippen molar-refractivity contribution in [1.29, 1.82) is 0 Å². The number of rotatable bonds is 4. The molecule has 25 heavy (non-hydrogen) atoms. The van der Waals surface area contributed by atoms with Crippen LogP contribution in [0.1, 0.15) is 30.6 Å². The fourth-order valence-electron chi connectivity index (χ4n) is 2.25. The Morgan fingerprint density at radius 3 is 2.52 bits per heavy atom. The van der Waals surface area contributed by atoms with Crippen LogP contribution in [0.4, 0.5) is 0 Å². The number of aromatic nitrogens is 4. The summed E-state index contributed by atoms with van der Waals surface area (Å²) in [4.78, 5) is 40.0. The van der Waals surface area contributed by atoms with Crippen LogP contribution in [0, 0.1) is 0 Å². The number of amides is 1. The van der Waals surface area contributed by atoms with E-state index in [9.17, 15) is 14.4 Å². The van der Waals surface area contributed by atoms with E-state index < -0.39 is 17.8 Å². The molecule has 0 fully saturated rings. The maximum atomic E-state index is 12.2. The van der Waals surface area contributed by atoms with Gasteiger partial charge in [-0.05, 0) is 12.1 Å². The smallest absolute Gasteiger partial charge is 0.356 e. The van der Waals surface area contributed by atoms with Crippen LogP contribution in [0.2, 0.25) is 0 Å². The molecule has 0 spiro atoms. The molecule has 0 aliphatic heterocycles. The summed E-state index contributed by atoms with van der Waals surface area (Å²) in [6.07, 6.45) is 1.40. The first kappa shape index (κ1) is 16.5. The van der Waals surface area contributed by atoms with Crippen molar-refractivity contribution in [2.45, 2.75) is 0 Å². The summed E-state index contributed by atoms with van der Waals surface area (Å²) in [6.45, 7) is 0. The van der Waals surface area contributed by atoms with E-state index in [1.54, 1.807) is 12.1 Å². The minimum atomic E-state index is -0.780. The molecule has 3 aromatic rings. The molecule has 0 aliphatic carbocycles. The number of carbonyl (C=O) groups is 3. The highest BCUT2D eigenvalue weighted by molar-refractivity contribution is 7.19. The van der Waals surface area contributed by atoms with E-state index in [1.165, 1.54) is 24.8 Å². The second-order valence-electron chi connectivity index (χ2n) is 4.67. The summed E-state index contributed by atoms with van der Waals surface area (Å²) >= 11 is 0.907. The number of pyridine rings is 1. The van der Waals surface area contributed by atoms with Gasteiger partial charge in [-0.3, -0.25) is 14.2 Å². The Kier molecular flexibility index (Phi) is 4.15. The fourth-order valence-corrected chi connectivity index (χ4v) is 3.22. The predicted molar refractivity (Wildman–Crippen MR) is 85.3 cm³/mol. The summed E-state index contributed by atoms with van der Waals surface area (Å²) in [5.74, 6) is -2.14. The number of nitrogens with two attached hydrogens (primary N) is 1. The first-order valence-corrected chi connectivity index (χ1v) is 7.61. The first-order chi connectivity index (χ1) is 12.0. The van der Waals surface area contributed by atoms with Gasteiger partial charge < -0.3 is 15.2 Å². The second kappa shape index (κ2) is 6.28. The lowest BCUT2D eigenvalue weighted by Crippen LogP contribution is -2.16. The number of hydrogen-bond donors (Lipinski definition) is 1. The Morgan fingerprint density at radius 2 is 1.88 bits per heavy atom. The lowest BCUT2D eigenvalue weighted by Gasteiger charge is -2.06. The van der Waals surface area contributed by atoms with Gasteiger partial charge in [-0.25, -0.2) is 9.59 Å². The van der Waals surface area contributed by atoms with E-state index in [2.05, 4.69) is 15.2 Å². The van der Waals surface area contributed by atoms with Crippen molar-refractivity contribution in [3.05, 3.63) is 34.6 Å². The lowest BCUT2D eigenvalue weighted by molar-refractivity contribution is 0.0553. The zero-order chi connectivity index (χ0) is 18.1. The van der Waals surface area contributed by atoms with Gasteiger partial charge in [0.15, 0.2) is 11.5 Å². The molecule has 0 bridgehead atoms. The molecule has 3 heterocycles. The molecule has 2 N–H and O–H groups in total. The Bertz CT molecular complexity index is 1010. The molecule has 1 amide bonds. The number of fused-ring (bicyclic) bond motifs is 1. The van der Waals surface area contributed by atoms with E-state index in [-0.39, 0.29) is 32.6 Å². The Hall–Kier alpha value is -3.34. The SMILES string of the molecule is COC(=O)c1sc2nnc(-c3cccnc3C(N)=O)n2c1C(=O)OC. The van der Waals surface area contributed by atoms with E-state index in [0.29, 0.717) is 0 Å². The van der Waals surface area contributed by atoms with Crippen molar-refractivity contribution in [2.75, 3.05) is 14.2 Å². The van der Waals surface area contributed by atoms with Gasteiger partial charge in [-0.15, -0.1) is 10.2 Å². The Balaban J connectivity index is 2.36. The molecular formula is C14H11N5O5S. The summed E-state index contributed by atoms with van der Waals surface area (Å²) in [6, 6.07) is 3.13. The first-order valence-electron chi connectivity index (χ1n) is 6.79. The molecule has 0 unspecified atom stereocenters. The van der Waals surface area contributed by atoms with Gasteiger partial charge in [0.2, 0.25) is 4.96 Å². The molecule has 11 heteroatoms. The summed E-state index contributed by atoms with van der Waals surface area (Å²) in [5.41, 5.74) is 5.46. The summed E-state index contributed by atoms with van der Waals surface area (Å²) in [5, 5.41) is 7.93. The number of ether oxygens (including phenoxy) is 2. The highest BCUT2D eigenvalue weighted by Crippen LogP contribution is 2.30. The van der Waals surface area contributed by atoms with Crippen LogP contribution in [0.15, 0.2) is 18.3 Å². The topological polar surface area (TPSA) is 139 Å². The number of primary amides is 1. The van der Waals surface area contributed by atoms with Gasteiger partial charge in [0.1, 0.15) is 10.6 Å². The normalized spacial score (nSPS) is 10.6. The van der Waals surface area contributed by atoms with E-state index in [1.807, 2.05) is 0 Å². The number of thiazole rings is 1. The van der Waals surface area contributed by atoms with Crippen molar-refractivity contribution in [2.24, 2.45) is 5.73 Å². The van der Waals surface area contributed by atoms with Gasteiger partial charge in [-0.2, -0.15) is 0 Å². The minimum Gasteiger partial charge on any atom is -0.465 e. The van der Waals surface area contributed by atoms with Gasteiger partial charge in [0.25, 0.3) is 5.91 Å². The van der Waals surface area contributed by atoms with Gasteiger partial charge in [0.05, 0.1) is 19.8 Å². The van der Waals surface area contributed by atoms with Crippen molar-refractivity contribution in [3.8, 4) is 11.4 Å². The lowest BCUT2D eigenvalue weighted by atomic mass is 10.1. The molecule has 0 radical (unpaired) electrons. The standard InChI is InChI=1S/C14H11N5O5S/c1-23-12(21)8-9(13(22)24-2)25-14-18-17-11(19(8)14)6-4-3-5-16-7(6)10(15)20/h3-5H,1-2H3,(H2,15,20). The van der Waals surface area contributed by atoms with Gasteiger partial charge in [-0.1, -0.05) is 11.3 Å². The average Bonchev–Trinajstić information content (AvgIpc) is 3.19. The number of hydrogen-bond acceptors (Lipinski definition) is 9. The fraction of sp³-hybridized carbons (Fsp3) is 0.143. The van der Waals surface area contributed by atoms with Crippen molar-refractivity contribution in [1.82, 2.24) is 19.6 Å². The molecule has 0 aromatic carbocycles. The van der Waals surface area contributed by atoms with Crippen LogP contribution in [0.25, 0.3) is 16.3 Å². The summed E-state index contributed by atoms with van der Waals surface area (Å²) < 4.78 is 10.8. The largest absolute Gasteiger partial charge is 0.465 e. The highest BCUT2D eigenvalue weighted by atomic mass is 32.1. The molecule has 0 saturated carbocycles. The summed E-state index contributed by atoms with van der Waals surface area (Å²) in [7, 11) is 2.37. The number of carbonyl (C=O) groups excluding carboxylic acids is 3. The molecule has 10 nitrogen and oxygen atoms in total. The van der Waals surface area contributed by atoms with E-state index in [0.717, 1.165) is 11.3 Å². The van der Waals surface area contributed by atoms with Gasteiger partial charge >= 0.3 is 11.9 Å². The van der Waals surface area contributed by atoms with Gasteiger partial charge in [0, 0.05) is 6.20 Å². The van der Waals surface area contributed by atoms with E-state index in [4.69, 9.17) is 15.2 Å². The molecule has 0 aliphatic rings. The molecular weight excluding hydrogens is 350 g/mol. The Morgan fingerprint density at radius 1 is 1.16 bits per heavy atom. The maximum Gasteiger partial charge on any atom is 0.356 e. The van der Waals surface area contributed by atoms with Crippen molar-refractivity contribution >= 4 is 34.1 Å².